The third-order valence-electron chi connectivity index (χ3n) is 1.12. The molecule has 3 nitrogen and oxygen atoms in total. The summed E-state index contributed by atoms with van der Waals surface area (Å²) in [6.45, 7) is 0.485. The van der Waals surface area contributed by atoms with Gasteiger partial charge in [0.05, 0.1) is 13.0 Å². The summed E-state index contributed by atoms with van der Waals surface area (Å²) in [5, 5.41) is 10.0. The number of rotatable bonds is 0. The van der Waals surface area contributed by atoms with Gasteiger partial charge in [-0.25, -0.2) is 4.79 Å². The molecule has 0 aromatic rings. The standard InChI is InChI=1S/C4H7NO2.BrH/c6-4-2-1-3-5(4)7;/h5H,1-3H2;1H/p-1. The maximum atomic E-state index is 10.2. The maximum absolute atomic E-state index is 10.2. The normalized spacial score (nSPS) is 27.6. The number of hydrogen-bond acceptors (Lipinski definition) is 2. The highest BCUT2D eigenvalue weighted by Gasteiger charge is 2.17. The molecule has 1 N–H and O–H groups in total. The first-order chi connectivity index (χ1) is 3.30. The molecule has 8 heavy (non-hydrogen) atoms. The molecule has 1 unspecified atom stereocenters. The van der Waals surface area contributed by atoms with Gasteiger partial charge in [0, 0.05) is 6.42 Å². The summed E-state index contributed by atoms with van der Waals surface area (Å²) in [6, 6.07) is 0. The van der Waals surface area contributed by atoms with Gasteiger partial charge in [-0.3, -0.25) is 0 Å². The number of halogens is 1. The van der Waals surface area contributed by atoms with E-state index >= 15 is 0 Å². The molecule has 1 aliphatic heterocycles. The van der Waals surface area contributed by atoms with Gasteiger partial charge in [-0.1, -0.05) is 0 Å². The van der Waals surface area contributed by atoms with E-state index in [2.05, 4.69) is 0 Å². The van der Waals surface area contributed by atoms with Crippen LogP contribution in [0.3, 0.4) is 0 Å². The largest absolute Gasteiger partial charge is 1.00 e. The average Bonchev–Trinajstić information content (AvgIpc) is 1.91. The maximum Gasteiger partial charge on any atom is 0.312 e. The van der Waals surface area contributed by atoms with Crippen LogP contribution >= 0.6 is 0 Å². The van der Waals surface area contributed by atoms with Crippen molar-refractivity contribution in [1.29, 1.82) is 0 Å². The highest BCUT2D eigenvalue weighted by molar-refractivity contribution is 5.68. The zero-order valence-electron chi connectivity index (χ0n) is 4.32. The van der Waals surface area contributed by atoms with E-state index in [1.165, 1.54) is 0 Å². The Morgan fingerprint density at radius 3 is 2.38 bits per heavy atom. The number of quaternary nitrogens is 1. The lowest BCUT2D eigenvalue weighted by Crippen LogP contribution is -3.07. The summed E-state index contributed by atoms with van der Waals surface area (Å²) in [7, 11) is 0. The minimum absolute atomic E-state index is 0. The second-order valence-electron chi connectivity index (χ2n) is 1.70. The first-order valence-corrected chi connectivity index (χ1v) is 2.37. The second kappa shape index (κ2) is 3.17. The molecule has 0 radical (unpaired) electrons. The first-order valence-electron chi connectivity index (χ1n) is 2.37. The molecular weight excluding hydrogens is 174 g/mol. The van der Waals surface area contributed by atoms with Crippen molar-refractivity contribution in [1.82, 2.24) is 0 Å². The molecule has 48 valence electrons. The zero-order chi connectivity index (χ0) is 5.28. The van der Waals surface area contributed by atoms with E-state index in [1.54, 1.807) is 0 Å². The Bertz CT molecular complexity index is 96.0. The van der Waals surface area contributed by atoms with Crippen molar-refractivity contribution in [2.45, 2.75) is 12.8 Å². The highest BCUT2D eigenvalue weighted by atomic mass is 79.9. The molecule has 1 aliphatic rings. The average molecular weight is 181 g/mol. The molecule has 0 aromatic carbocycles. The quantitative estimate of drug-likeness (QED) is 0.384. The Hall–Kier alpha value is 0.0700. The fourth-order valence-corrected chi connectivity index (χ4v) is 0.688. The predicted octanol–water partition coefficient (Wildman–Crippen LogP) is -4.31. The smallest absolute Gasteiger partial charge is 0.312 e. The van der Waals surface area contributed by atoms with Crippen LogP contribution in [0.15, 0.2) is 0 Å². The molecular formula is C4H7BrNO2-. The zero-order valence-corrected chi connectivity index (χ0v) is 5.90. The number of carbonyl (C=O) groups excluding carboxylic acids is 1. The fraction of sp³-hybridized carbons (Fsp3) is 0.750. The molecule has 1 rings (SSSR count). The van der Waals surface area contributed by atoms with Crippen molar-refractivity contribution in [3.8, 4) is 0 Å². The molecule has 1 fully saturated rings. The van der Waals surface area contributed by atoms with Gasteiger partial charge in [0.2, 0.25) is 0 Å². The third-order valence-corrected chi connectivity index (χ3v) is 1.12. The number of hydroxylamine groups is 2. The van der Waals surface area contributed by atoms with Gasteiger partial charge in [-0.05, 0) is 0 Å². The van der Waals surface area contributed by atoms with Crippen molar-refractivity contribution in [2.24, 2.45) is 0 Å². The van der Waals surface area contributed by atoms with E-state index in [-0.39, 0.29) is 28.0 Å². The molecule has 0 aliphatic carbocycles. The minimum atomic E-state index is -0.181. The van der Waals surface area contributed by atoms with E-state index in [4.69, 9.17) is 0 Å². The van der Waals surface area contributed by atoms with E-state index in [9.17, 15) is 10.0 Å². The Morgan fingerprint density at radius 1 is 1.62 bits per heavy atom. The molecule has 1 heterocycles. The molecule has 0 saturated carbocycles. The highest BCUT2D eigenvalue weighted by Crippen LogP contribution is 1.87. The Kier molecular flexibility index (Phi) is 3.19. The molecule has 0 aromatic heterocycles. The summed E-state index contributed by atoms with van der Waals surface area (Å²) >= 11 is 0. The lowest BCUT2D eigenvalue weighted by atomic mass is 10.4. The van der Waals surface area contributed by atoms with Crippen LogP contribution in [0.25, 0.3) is 0 Å². The van der Waals surface area contributed by atoms with Crippen LogP contribution in [0, 0.1) is 5.21 Å². The minimum Gasteiger partial charge on any atom is -1.00 e. The molecule has 1 amide bonds. The fourth-order valence-electron chi connectivity index (χ4n) is 0.688. The van der Waals surface area contributed by atoms with Crippen LogP contribution in [-0.4, -0.2) is 12.5 Å². The summed E-state index contributed by atoms with van der Waals surface area (Å²) < 4.78 is 0. The van der Waals surface area contributed by atoms with Crippen molar-refractivity contribution in [3.63, 3.8) is 0 Å². The van der Waals surface area contributed by atoms with Gasteiger partial charge in [0.15, 0.2) is 0 Å². The van der Waals surface area contributed by atoms with Crippen LogP contribution in [0.5, 0.6) is 0 Å². The number of hydrogen-bond donors (Lipinski definition) is 1. The van der Waals surface area contributed by atoms with Crippen molar-refractivity contribution >= 4 is 5.91 Å². The van der Waals surface area contributed by atoms with E-state index in [0.717, 1.165) is 6.42 Å². The summed E-state index contributed by atoms with van der Waals surface area (Å²) in [4.78, 5) is 10.2. The van der Waals surface area contributed by atoms with E-state index < -0.39 is 0 Å². The first kappa shape index (κ1) is 8.07. The number of carbonyl (C=O) groups is 1. The summed E-state index contributed by atoms with van der Waals surface area (Å²) in [6.07, 6.45) is 1.26. The predicted molar refractivity (Wildman–Crippen MR) is 23.4 cm³/mol. The Labute approximate surface area is 58.0 Å². The van der Waals surface area contributed by atoms with Crippen molar-refractivity contribution in [2.75, 3.05) is 6.54 Å². The second-order valence-corrected chi connectivity index (χ2v) is 1.70. The Balaban J connectivity index is 0.000000490. The van der Waals surface area contributed by atoms with E-state index in [1.807, 2.05) is 0 Å². The van der Waals surface area contributed by atoms with Gasteiger partial charge in [0.25, 0.3) is 0 Å². The van der Waals surface area contributed by atoms with Gasteiger partial charge < -0.3 is 27.3 Å². The molecule has 1 saturated heterocycles. The van der Waals surface area contributed by atoms with Crippen LogP contribution in [0.1, 0.15) is 12.8 Å². The number of amides is 1. The summed E-state index contributed by atoms with van der Waals surface area (Å²) in [5.74, 6) is -0.181. The summed E-state index contributed by atoms with van der Waals surface area (Å²) in [5.41, 5.74) is 0. The number of nitrogens with one attached hydrogen (secondary N) is 1. The molecule has 1 atom stereocenters. The van der Waals surface area contributed by atoms with Crippen LogP contribution in [0.4, 0.5) is 0 Å². The van der Waals surface area contributed by atoms with Gasteiger partial charge in [-0.2, -0.15) is 0 Å². The monoisotopic (exact) mass is 180 g/mol. The Morgan fingerprint density at radius 2 is 2.25 bits per heavy atom. The van der Waals surface area contributed by atoms with Gasteiger partial charge in [-0.15, -0.1) is 0 Å². The topological polar surface area (TPSA) is 44.6 Å². The lowest BCUT2D eigenvalue weighted by Gasteiger charge is -2.09. The third kappa shape index (κ3) is 1.54. The van der Waals surface area contributed by atoms with Crippen LogP contribution in [-0.2, 0) is 4.79 Å². The van der Waals surface area contributed by atoms with Crippen molar-refractivity contribution < 1.29 is 26.8 Å². The molecule has 0 spiro atoms. The van der Waals surface area contributed by atoms with Gasteiger partial charge in [0.1, 0.15) is 0 Å². The van der Waals surface area contributed by atoms with Crippen LogP contribution < -0.4 is 22.0 Å². The van der Waals surface area contributed by atoms with E-state index in [0.29, 0.717) is 13.0 Å². The lowest BCUT2D eigenvalue weighted by molar-refractivity contribution is -0.754. The van der Waals surface area contributed by atoms with Crippen LogP contribution in [0.2, 0.25) is 0 Å². The van der Waals surface area contributed by atoms with Crippen molar-refractivity contribution in [3.05, 3.63) is 5.21 Å². The molecule has 0 bridgehead atoms. The SMILES string of the molecule is O=C1CCC[NH+]1[O-].[Br-]. The van der Waals surface area contributed by atoms with Gasteiger partial charge >= 0.3 is 5.91 Å². The molecule has 4 heteroatoms.